The molecule has 1 aliphatic carbocycles. The van der Waals surface area contributed by atoms with Gasteiger partial charge in [0.05, 0.1) is 6.04 Å². The van der Waals surface area contributed by atoms with Crippen molar-refractivity contribution in [2.75, 3.05) is 19.6 Å². The Morgan fingerprint density at radius 1 is 1.38 bits per heavy atom. The Morgan fingerprint density at radius 3 is 2.56 bits per heavy atom. The molecule has 2 atom stereocenters. The van der Waals surface area contributed by atoms with E-state index in [1.165, 1.54) is 19.3 Å². The van der Waals surface area contributed by atoms with Crippen molar-refractivity contribution < 1.29 is 4.79 Å². The third kappa shape index (κ3) is 2.40. The van der Waals surface area contributed by atoms with Gasteiger partial charge < -0.3 is 10.2 Å². The van der Waals surface area contributed by atoms with E-state index in [4.69, 9.17) is 0 Å². The van der Waals surface area contributed by atoms with Crippen LogP contribution in [0.25, 0.3) is 0 Å². The van der Waals surface area contributed by atoms with Gasteiger partial charge >= 0.3 is 0 Å². The number of nitrogens with zero attached hydrogens (tertiary/aromatic N) is 1. The van der Waals surface area contributed by atoms with Crippen LogP contribution >= 0.6 is 0 Å². The van der Waals surface area contributed by atoms with Crippen LogP contribution in [-0.2, 0) is 4.79 Å². The van der Waals surface area contributed by atoms with Gasteiger partial charge in [-0.05, 0) is 44.6 Å². The topological polar surface area (TPSA) is 32.3 Å². The van der Waals surface area contributed by atoms with E-state index in [0.717, 1.165) is 32.0 Å². The molecule has 0 spiro atoms. The lowest BCUT2D eigenvalue weighted by Crippen LogP contribution is -2.48. The molecule has 1 saturated heterocycles. The molecular formula is C13H24N2O. The second-order valence-corrected chi connectivity index (χ2v) is 5.37. The summed E-state index contributed by atoms with van der Waals surface area (Å²) in [6, 6.07) is 0.0834. The maximum Gasteiger partial charge on any atom is 0.239 e. The van der Waals surface area contributed by atoms with Crippen LogP contribution in [0.5, 0.6) is 0 Å². The van der Waals surface area contributed by atoms with Crippen molar-refractivity contribution in [3.05, 3.63) is 0 Å². The Bertz CT molecular complexity index is 250. The molecule has 3 nitrogen and oxygen atoms in total. The maximum absolute atomic E-state index is 12.3. The fraction of sp³-hybridized carbons (Fsp3) is 0.923. The number of likely N-dealkylation sites (N-methyl/N-ethyl adjacent to an activating group) is 1. The highest BCUT2D eigenvalue weighted by Gasteiger charge is 2.33. The van der Waals surface area contributed by atoms with Crippen molar-refractivity contribution in [2.45, 2.75) is 45.6 Å². The highest BCUT2D eigenvalue weighted by Crippen LogP contribution is 2.27. The summed E-state index contributed by atoms with van der Waals surface area (Å²) in [5.74, 6) is 1.61. The molecule has 2 unspecified atom stereocenters. The van der Waals surface area contributed by atoms with Crippen molar-refractivity contribution in [3.63, 3.8) is 0 Å². The molecule has 3 heteroatoms. The van der Waals surface area contributed by atoms with E-state index in [0.29, 0.717) is 11.8 Å². The van der Waals surface area contributed by atoms with Crippen molar-refractivity contribution in [3.8, 4) is 0 Å². The Labute approximate surface area is 98.6 Å². The van der Waals surface area contributed by atoms with Crippen LogP contribution in [0.2, 0.25) is 0 Å². The highest BCUT2D eigenvalue weighted by atomic mass is 16.2. The van der Waals surface area contributed by atoms with E-state index < -0.39 is 0 Å². The third-order valence-electron chi connectivity index (χ3n) is 4.20. The maximum atomic E-state index is 12.3. The van der Waals surface area contributed by atoms with Gasteiger partial charge in [-0.1, -0.05) is 13.3 Å². The standard InChI is InChI=1S/C13H24N2O/c1-3-15(9-11-5-4-6-11)13(16)12-10(2)7-8-14-12/h10-12,14H,3-9H2,1-2H3. The van der Waals surface area contributed by atoms with Gasteiger partial charge in [-0.3, -0.25) is 4.79 Å². The normalized spacial score (nSPS) is 30.1. The zero-order chi connectivity index (χ0) is 11.5. The van der Waals surface area contributed by atoms with Gasteiger partial charge in [0.25, 0.3) is 0 Å². The van der Waals surface area contributed by atoms with E-state index in [2.05, 4.69) is 24.1 Å². The summed E-state index contributed by atoms with van der Waals surface area (Å²) >= 11 is 0. The van der Waals surface area contributed by atoms with Crippen LogP contribution in [0, 0.1) is 11.8 Å². The zero-order valence-electron chi connectivity index (χ0n) is 10.5. The lowest BCUT2D eigenvalue weighted by Gasteiger charge is -2.33. The molecule has 1 amide bonds. The second-order valence-electron chi connectivity index (χ2n) is 5.37. The quantitative estimate of drug-likeness (QED) is 0.787. The first kappa shape index (κ1) is 11.9. The van der Waals surface area contributed by atoms with Crippen molar-refractivity contribution in [2.24, 2.45) is 11.8 Å². The molecule has 16 heavy (non-hydrogen) atoms. The van der Waals surface area contributed by atoms with Gasteiger partial charge in [-0.15, -0.1) is 0 Å². The molecule has 1 heterocycles. The molecular weight excluding hydrogens is 200 g/mol. The second kappa shape index (κ2) is 5.17. The minimum absolute atomic E-state index is 0.0834. The van der Waals surface area contributed by atoms with E-state index in [9.17, 15) is 4.79 Å². The van der Waals surface area contributed by atoms with Crippen LogP contribution in [0.1, 0.15) is 39.5 Å². The number of nitrogens with one attached hydrogen (secondary N) is 1. The molecule has 0 radical (unpaired) electrons. The molecule has 1 aliphatic heterocycles. The van der Waals surface area contributed by atoms with Gasteiger partial charge in [0.2, 0.25) is 5.91 Å². The van der Waals surface area contributed by atoms with Gasteiger partial charge in [-0.2, -0.15) is 0 Å². The molecule has 1 N–H and O–H groups in total. The Morgan fingerprint density at radius 2 is 2.12 bits per heavy atom. The first-order valence-corrected chi connectivity index (χ1v) is 6.74. The molecule has 0 aromatic heterocycles. The summed E-state index contributed by atoms with van der Waals surface area (Å²) in [5, 5.41) is 3.34. The first-order chi connectivity index (χ1) is 7.72. The number of amides is 1. The molecule has 2 rings (SSSR count). The van der Waals surface area contributed by atoms with Gasteiger partial charge in [0.15, 0.2) is 0 Å². The lowest BCUT2D eigenvalue weighted by atomic mass is 9.85. The van der Waals surface area contributed by atoms with Crippen LogP contribution in [0.3, 0.4) is 0 Å². The Hall–Kier alpha value is -0.570. The highest BCUT2D eigenvalue weighted by molar-refractivity contribution is 5.82. The van der Waals surface area contributed by atoms with Gasteiger partial charge in [0.1, 0.15) is 0 Å². The molecule has 2 aliphatic rings. The first-order valence-electron chi connectivity index (χ1n) is 6.74. The predicted octanol–water partition coefficient (Wildman–Crippen LogP) is 1.63. The van der Waals surface area contributed by atoms with Crippen LogP contribution in [0.4, 0.5) is 0 Å². The average Bonchev–Trinajstić information content (AvgIpc) is 2.62. The van der Waals surface area contributed by atoms with E-state index in [-0.39, 0.29) is 6.04 Å². The van der Waals surface area contributed by atoms with Crippen LogP contribution in [0.15, 0.2) is 0 Å². The van der Waals surface area contributed by atoms with E-state index in [1.807, 2.05) is 0 Å². The summed E-state index contributed by atoms with van der Waals surface area (Å²) in [5.41, 5.74) is 0. The predicted molar refractivity (Wildman–Crippen MR) is 65.2 cm³/mol. The smallest absolute Gasteiger partial charge is 0.239 e. The summed E-state index contributed by atoms with van der Waals surface area (Å²) in [6.45, 7) is 7.12. The van der Waals surface area contributed by atoms with E-state index in [1.54, 1.807) is 0 Å². The Balaban J connectivity index is 1.89. The number of rotatable bonds is 4. The average molecular weight is 224 g/mol. The van der Waals surface area contributed by atoms with Gasteiger partial charge in [0, 0.05) is 13.1 Å². The van der Waals surface area contributed by atoms with Crippen LogP contribution < -0.4 is 5.32 Å². The number of hydrogen-bond acceptors (Lipinski definition) is 2. The van der Waals surface area contributed by atoms with Gasteiger partial charge in [-0.25, -0.2) is 0 Å². The lowest BCUT2D eigenvalue weighted by molar-refractivity contribution is -0.134. The van der Waals surface area contributed by atoms with Crippen molar-refractivity contribution in [1.29, 1.82) is 0 Å². The molecule has 0 bridgehead atoms. The SMILES string of the molecule is CCN(CC1CCC1)C(=O)C1NCCC1C. The molecule has 0 aromatic rings. The third-order valence-corrected chi connectivity index (χ3v) is 4.20. The molecule has 0 aromatic carbocycles. The summed E-state index contributed by atoms with van der Waals surface area (Å²) in [7, 11) is 0. The number of carbonyl (C=O) groups is 1. The largest absolute Gasteiger partial charge is 0.341 e. The molecule has 2 fully saturated rings. The van der Waals surface area contributed by atoms with Crippen molar-refractivity contribution >= 4 is 5.91 Å². The summed E-state index contributed by atoms with van der Waals surface area (Å²) < 4.78 is 0. The van der Waals surface area contributed by atoms with Crippen molar-refractivity contribution in [1.82, 2.24) is 10.2 Å². The van der Waals surface area contributed by atoms with Crippen LogP contribution in [-0.4, -0.2) is 36.5 Å². The fourth-order valence-electron chi connectivity index (χ4n) is 2.72. The summed E-state index contributed by atoms with van der Waals surface area (Å²) in [6.07, 6.45) is 5.13. The Kier molecular flexibility index (Phi) is 3.85. The minimum Gasteiger partial charge on any atom is -0.341 e. The molecule has 92 valence electrons. The molecule has 1 saturated carbocycles. The minimum atomic E-state index is 0.0834. The monoisotopic (exact) mass is 224 g/mol. The summed E-state index contributed by atoms with van der Waals surface area (Å²) in [4.78, 5) is 14.4. The van der Waals surface area contributed by atoms with E-state index >= 15 is 0 Å². The zero-order valence-corrected chi connectivity index (χ0v) is 10.5. The number of hydrogen-bond donors (Lipinski definition) is 1. The fourth-order valence-corrected chi connectivity index (χ4v) is 2.72. The number of carbonyl (C=O) groups excluding carboxylic acids is 1.